The Morgan fingerprint density at radius 3 is 2.88 bits per heavy atom. The minimum atomic E-state index is 0.0224. The van der Waals surface area contributed by atoms with Crippen molar-refractivity contribution in [1.29, 1.82) is 0 Å². The maximum atomic E-state index is 13.6. The van der Waals surface area contributed by atoms with Gasteiger partial charge in [-0.15, -0.1) is 11.8 Å². The molecule has 1 aliphatic carbocycles. The lowest BCUT2D eigenvalue weighted by atomic mass is 9.92. The lowest BCUT2D eigenvalue weighted by molar-refractivity contribution is -0.134. The molecule has 1 amide bonds. The fraction of sp³-hybridized carbons (Fsp3) is 0.476. The van der Waals surface area contributed by atoms with Crippen molar-refractivity contribution in [2.75, 3.05) is 18.8 Å². The predicted molar refractivity (Wildman–Crippen MR) is 108 cm³/mol. The average Bonchev–Trinajstić information content (AvgIpc) is 3.08. The molecule has 3 nitrogen and oxygen atoms in total. The molecule has 3 heterocycles. The Labute approximate surface area is 163 Å². The number of fused-ring (bicyclic) bond motifs is 1. The normalized spacial score (nSPS) is 25.8. The fourth-order valence-electron chi connectivity index (χ4n) is 4.72. The predicted octanol–water partition coefficient (Wildman–Crippen LogP) is 4.11. The van der Waals surface area contributed by atoms with E-state index in [4.69, 9.17) is 0 Å². The molecule has 2 aromatic rings. The molecule has 0 radical (unpaired) electrons. The third-order valence-electron chi connectivity index (χ3n) is 6.34. The minimum Gasteiger partial charge on any atom is -0.334 e. The van der Waals surface area contributed by atoms with Crippen LogP contribution in [0.3, 0.4) is 0 Å². The SMILES string of the molecule is O=C(C1CSc2ccccc21)N(Cc1ccsc1)C1CC12CCNCC2. The summed E-state index contributed by atoms with van der Waals surface area (Å²) in [5, 5.41) is 7.78. The molecule has 26 heavy (non-hydrogen) atoms. The summed E-state index contributed by atoms with van der Waals surface area (Å²) in [4.78, 5) is 17.2. The summed E-state index contributed by atoms with van der Waals surface area (Å²) in [5.41, 5.74) is 2.89. The van der Waals surface area contributed by atoms with Crippen LogP contribution in [0.1, 0.15) is 36.3 Å². The summed E-state index contributed by atoms with van der Waals surface area (Å²) in [6.07, 6.45) is 3.61. The largest absolute Gasteiger partial charge is 0.334 e. The molecule has 5 heteroatoms. The number of piperidine rings is 1. The van der Waals surface area contributed by atoms with Crippen LogP contribution < -0.4 is 5.32 Å². The van der Waals surface area contributed by atoms with Crippen LogP contribution in [-0.4, -0.2) is 35.7 Å². The molecule has 0 bridgehead atoms. The zero-order valence-corrected chi connectivity index (χ0v) is 16.5. The molecule has 1 saturated heterocycles. The quantitative estimate of drug-likeness (QED) is 0.861. The second-order valence-corrected chi connectivity index (χ2v) is 9.67. The number of hydrogen-bond acceptors (Lipinski definition) is 4. The molecule has 1 saturated carbocycles. The Morgan fingerprint density at radius 1 is 1.23 bits per heavy atom. The maximum absolute atomic E-state index is 13.6. The van der Waals surface area contributed by atoms with E-state index in [0.717, 1.165) is 25.4 Å². The summed E-state index contributed by atoms with van der Waals surface area (Å²) in [7, 11) is 0. The number of carbonyl (C=O) groups is 1. The van der Waals surface area contributed by atoms with Gasteiger partial charge < -0.3 is 10.2 Å². The number of amides is 1. The monoisotopic (exact) mass is 384 g/mol. The highest BCUT2D eigenvalue weighted by Crippen LogP contribution is 2.57. The number of nitrogens with zero attached hydrogens (tertiary/aromatic N) is 1. The van der Waals surface area contributed by atoms with E-state index in [1.807, 2.05) is 11.8 Å². The number of thioether (sulfide) groups is 1. The molecular weight excluding hydrogens is 360 g/mol. The number of carbonyl (C=O) groups excluding carboxylic acids is 1. The van der Waals surface area contributed by atoms with Crippen molar-refractivity contribution < 1.29 is 4.79 Å². The van der Waals surface area contributed by atoms with Gasteiger partial charge in [-0.3, -0.25) is 4.79 Å². The van der Waals surface area contributed by atoms with Crippen molar-refractivity contribution in [2.45, 2.75) is 42.7 Å². The summed E-state index contributed by atoms with van der Waals surface area (Å²) in [6.45, 7) is 2.96. The highest BCUT2D eigenvalue weighted by molar-refractivity contribution is 7.99. The standard InChI is InChI=1S/C21H24N2OS2/c24-20(17-14-26-18-4-2-1-3-16(17)18)23(12-15-5-10-25-13-15)19-11-21(19)6-8-22-9-7-21/h1-5,10,13,17,19,22H,6-9,11-12,14H2. The van der Waals surface area contributed by atoms with Crippen LogP contribution in [0.5, 0.6) is 0 Å². The van der Waals surface area contributed by atoms with Crippen LogP contribution >= 0.6 is 23.1 Å². The van der Waals surface area contributed by atoms with E-state index in [1.54, 1.807) is 11.3 Å². The Kier molecular flexibility index (Phi) is 4.34. The molecular formula is C21H24N2OS2. The van der Waals surface area contributed by atoms with Gasteiger partial charge in [-0.2, -0.15) is 11.3 Å². The second-order valence-electron chi connectivity index (χ2n) is 7.83. The third kappa shape index (κ3) is 2.90. The van der Waals surface area contributed by atoms with E-state index in [2.05, 4.69) is 51.3 Å². The Morgan fingerprint density at radius 2 is 2.08 bits per heavy atom. The first-order chi connectivity index (χ1) is 12.8. The molecule has 1 aromatic carbocycles. The van der Waals surface area contributed by atoms with Crippen molar-refractivity contribution in [2.24, 2.45) is 5.41 Å². The highest BCUT2D eigenvalue weighted by atomic mass is 32.2. The van der Waals surface area contributed by atoms with E-state index < -0.39 is 0 Å². The van der Waals surface area contributed by atoms with Crippen LogP contribution in [0.4, 0.5) is 0 Å². The van der Waals surface area contributed by atoms with Crippen LogP contribution in [-0.2, 0) is 11.3 Å². The van der Waals surface area contributed by atoms with Gasteiger partial charge in [0.2, 0.25) is 5.91 Å². The van der Waals surface area contributed by atoms with Gasteiger partial charge in [0.15, 0.2) is 0 Å². The van der Waals surface area contributed by atoms with Crippen LogP contribution in [0.2, 0.25) is 0 Å². The molecule has 2 unspecified atom stereocenters. The first-order valence-electron chi connectivity index (χ1n) is 9.51. The first-order valence-corrected chi connectivity index (χ1v) is 11.4. The second kappa shape index (κ2) is 6.70. The van der Waals surface area contributed by atoms with E-state index in [1.165, 1.54) is 35.3 Å². The van der Waals surface area contributed by atoms with Gasteiger partial charge in [0, 0.05) is 23.2 Å². The van der Waals surface area contributed by atoms with Gasteiger partial charge in [0.05, 0.1) is 5.92 Å². The zero-order chi connectivity index (χ0) is 17.6. The van der Waals surface area contributed by atoms with Gasteiger partial charge in [-0.1, -0.05) is 18.2 Å². The molecule has 2 fully saturated rings. The summed E-state index contributed by atoms with van der Waals surface area (Å²) < 4.78 is 0. The molecule has 5 rings (SSSR count). The van der Waals surface area contributed by atoms with Crippen molar-refractivity contribution in [1.82, 2.24) is 10.2 Å². The third-order valence-corrected chi connectivity index (χ3v) is 8.25. The average molecular weight is 385 g/mol. The molecule has 136 valence electrons. The Bertz CT molecular complexity index is 798. The van der Waals surface area contributed by atoms with E-state index in [0.29, 0.717) is 17.4 Å². The smallest absolute Gasteiger partial charge is 0.231 e. The minimum absolute atomic E-state index is 0.0224. The molecule has 1 N–H and O–H groups in total. The van der Waals surface area contributed by atoms with E-state index in [9.17, 15) is 4.79 Å². The lowest BCUT2D eigenvalue weighted by Crippen LogP contribution is -2.41. The van der Waals surface area contributed by atoms with Gasteiger partial charge in [-0.25, -0.2) is 0 Å². The number of benzene rings is 1. The molecule has 1 aromatic heterocycles. The molecule has 1 spiro atoms. The number of nitrogens with one attached hydrogen (secondary N) is 1. The Hall–Kier alpha value is -1.30. The van der Waals surface area contributed by atoms with Crippen LogP contribution in [0.15, 0.2) is 46.0 Å². The molecule has 2 atom stereocenters. The Balaban J connectivity index is 1.42. The fourth-order valence-corrected chi connectivity index (χ4v) is 6.60. The van der Waals surface area contributed by atoms with Crippen molar-refractivity contribution in [3.63, 3.8) is 0 Å². The molecule has 3 aliphatic rings. The lowest BCUT2D eigenvalue weighted by Gasteiger charge is -2.31. The topological polar surface area (TPSA) is 32.3 Å². The molecule has 2 aliphatic heterocycles. The van der Waals surface area contributed by atoms with Crippen molar-refractivity contribution in [3.8, 4) is 0 Å². The van der Waals surface area contributed by atoms with Gasteiger partial charge in [-0.05, 0) is 71.8 Å². The summed E-state index contributed by atoms with van der Waals surface area (Å²) in [6, 6.07) is 11.0. The van der Waals surface area contributed by atoms with Crippen molar-refractivity contribution in [3.05, 3.63) is 52.2 Å². The zero-order valence-electron chi connectivity index (χ0n) is 14.8. The van der Waals surface area contributed by atoms with Crippen LogP contribution in [0, 0.1) is 5.41 Å². The first kappa shape index (κ1) is 16.8. The van der Waals surface area contributed by atoms with Crippen LogP contribution in [0.25, 0.3) is 0 Å². The van der Waals surface area contributed by atoms with Gasteiger partial charge >= 0.3 is 0 Å². The van der Waals surface area contributed by atoms with Gasteiger partial charge in [0.25, 0.3) is 0 Å². The van der Waals surface area contributed by atoms with Gasteiger partial charge in [0.1, 0.15) is 0 Å². The highest BCUT2D eigenvalue weighted by Gasteiger charge is 2.58. The maximum Gasteiger partial charge on any atom is 0.231 e. The summed E-state index contributed by atoms with van der Waals surface area (Å²) >= 11 is 3.55. The summed E-state index contributed by atoms with van der Waals surface area (Å²) in [5.74, 6) is 1.25. The number of hydrogen-bond donors (Lipinski definition) is 1. The van der Waals surface area contributed by atoms with Crippen molar-refractivity contribution >= 4 is 29.0 Å². The van der Waals surface area contributed by atoms with E-state index >= 15 is 0 Å². The van der Waals surface area contributed by atoms with E-state index in [-0.39, 0.29) is 5.92 Å². The number of thiophene rings is 1. The number of rotatable bonds is 4.